The summed E-state index contributed by atoms with van der Waals surface area (Å²) in [5.74, 6) is 2.01. The van der Waals surface area contributed by atoms with Crippen molar-refractivity contribution in [3.63, 3.8) is 0 Å². The van der Waals surface area contributed by atoms with Gasteiger partial charge in [0.05, 0.1) is 6.17 Å². The first-order valence-electron chi connectivity index (χ1n) is 6.31. The Balaban J connectivity index is 1.76. The molecule has 2 N–H and O–H groups in total. The second-order valence-electron chi connectivity index (χ2n) is 4.99. The van der Waals surface area contributed by atoms with Gasteiger partial charge in [0.1, 0.15) is 0 Å². The second kappa shape index (κ2) is 5.13. The van der Waals surface area contributed by atoms with Crippen molar-refractivity contribution in [2.24, 2.45) is 11.8 Å². The zero-order chi connectivity index (χ0) is 9.80. The van der Waals surface area contributed by atoms with E-state index in [-0.39, 0.29) is 0 Å². The Labute approximate surface area is 87.8 Å². The molecule has 0 radical (unpaired) electrons. The van der Waals surface area contributed by atoms with Crippen LogP contribution < -0.4 is 10.6 Å². The lowest BCUT2D eigenvalue weighted by Gasteiger charge is -2.36. The zero-order valence-electron chi connectivity index (χ0n) is 9.39. The molecule has 2 rings (SSSR count). The van der Waals surface area contributed by atoms with Gasteiger partial charge < -0.3 is 10.6 Å². The summed E-state index contributed by atoms with van der Waals surface area (Å²) in [6.07, 6.45) is 10.8. The first-order valence-corrected chi connectivity index (χ1v) is 6.31. The average molecular weight is 196 g/mol. The lowest BCUT2D eigenvalue weighted by atomic mass is 9.76. The summed E-state index contributed by atoms with van der Waals surface area (Å²) in [6, 6.07) is 0. The lowest BCUT2D eigenvalue weighted by molar-refractivity contribution is 0.179. The maximum atomic E-state index is 3.61. The van der Waals surface area contributed by atoms with E-state index < -0.39 is 0 Å². The summed E-state index contributed by atoms with van der Waals surface area (Å²) in [7, 11) is 2.05. The second-order valence-corrected chi connectivity index (χ2v) is 4.99. The molecular formula is C12H24N2. The van der Waals surface area contributed by atoms with Gasteiger partial charge in [0.25, 0.3) is 0 Å². The van der Waals surface area contributed by atoms with Crippen LogP contribution in [-0.2, 0) is 0 Å². The monoisotopic (exact) mass is 196 g/mol. The Bertz CT molecular complexity index is 156. The van der Waals surface area contributed by atoms with E-state index in [9.17, 15) is 0 Å². The van der Waals surface area contributed by atoms with Gasteiger partial charge in [-0.2, -0.15) is 0 Å². The fraction of sp³-hybridized carbons (Fsp3) is 1.00. The van der Waals surface area contributed by atoms with Crippen LogP contribution in [0.4, 0.5) is 0 Å². The summed E-state index contributed by atoms with van der Waals surface area (Å²) >= 11 is 0. The number of hydrogen-bond acceptors (Lipinski definition) is 2. The van der Waals surface area contributed by atoms with Crippen molar-refractivity contribution < 1.29 is 0 Å². The van der Waals surface area contributed by atoms with Crippen molar-refractivity contribution in [1.82, 2.24) is 10.6 Å². The van der Waals surface area contributed by atoms with Crippen LogP contribution in [-0.4, -0.2) is 19.8 Å². The lowest BCUT2D eigenvalue weighted by Crippen LogP contribution is -2.48. The van der Waals surface area contributed by atoms with E-state index in [2.05, 4.69) is 17.7 Å². The van der Waals surface area contributed by atoms with Crippen LogP contribution in [0.25, 0.3) is 0 Å². The standard InChI is InChI=1S/C12H24N2/c1-13-12-8-7-11(9-14-12)10-5-3-2-4-6-10/h10-14H,2-9H2,1H3. The smallest absolute Gasteiger partial charge is 0.0569 e. The summed E-state index contributed by atoms with van der Waals surface area (Å²) in [5.41, 5.74) is 0. The minimum absolute atomic E-state index is 0.579. The fourth-order valence-corrected chi connectivity index (χ4v) is 3.13. The maximum Gasteiger partial charge on any atom is 0.0569 e. The molecule has 2 atom stereocenters. The SMILES string of the molecule is CNC1CCC(C2CCCCC2)CN1. The third-order valence-corrected chi connectivity index (χ3v) is 4.12. The van der Waals surface area contributed by atoms with Gasteiger partial charge in [-0.05, 0) is 38.3 Å². The quantitative estimate of drug-likeness (QED) is 0.707. The van der Waals surface area contributed by atoms with E-state index in [1.165, 1.54) is 51.5 Å². The molecule has 0 aromatic heterocycles. The van der Waals surface area contributed by atoms with Crippen molar-refractivity contribution in [3.05, 3.63) is 0 Å². The molecule has 2 heteroatoms. The molecule has 0 aromatic carbocycles. The zero-order valence-corrected chi connectivity index (χ0v) is 9.39. The van der Waals surface area contributed by atoms with Crippen LogP contribution in [0.1, 0.15) is 44.9 Å². The van der Waals surface area contributed by atoms with Crippen molar-refractivity contribution in [2.45, 2.75) is 51.1 Å². The fourth-order valence-electron chi connectivity index (χ4n) is 3.13. The Kier molecular flexibility index (Phi) is 3.82. The predicted molar refractivity (Wildman–Crippen MR) is 60.1 cm³/mol. The molecule has 1 aliphatic carbocycles. The summed E-state index contributed by atoms with van der Waals surface area (Å²) in [4.78, 5) is 0. The van der Waals surface area contributed by atoms with Crippen molar-refractivity contribution >= 4 is 0 Å². The minimum Gasteiger partial charge on any atom is -0.305 e. The molecule has 1 aliphatic heterocycles. The maximum absolute atomic E-state index is 3.61. The molecule has 1 heterocycles. The third-order valence-electron chi connectivity index (χ3n) is 4.12. The highest BCUT2D eigenvalue weighted by Crippen LogP contribution is 2.33. The largest absolute Gasteiger partial charge is 0.305 e. The molecule has 82 valence electrons. The Morgan fingerprint density at radius 3 is 2.29 bits per heavy atom. The number of rotatable bonds is 2. The van der Waals surface area contributed by atoms with Crippen LogP contribution in [0.5, 0.6) is 0 Å². The van der Waals surface area contributed by atoms with Crippen LogP contribution in [0.15, 0.2) is 0 Å². The van der Waals surface area contributed by atoms with Gasteiger partial charge in [-0.15, -0.1) is 0 Å². The molecular weight excluding hydrogens is 172 g/mol. The van der Waals surface area contributed by atoms with E-state index >= 15 is 0 Å². The van der Waals surface area contributed by atoms with Crippen LogP contribution in [0.3, 0.4) is 0 Å². The van der Waals surface area contributed by atoms with E-state index in [1.54, 1.807) is 0 Å². The van der Waals surface area contributed by atoms with Gasteiger partial charge in [-0.1, -0.05) is 32.1 Å². The van der Waals surface area contributed by atoms with Gasteiger partial charge in [-0.3, -0.25) is 0 Å². The topological polar surface area (TPSA) is 24.1 Å². The summed E-state index contributed by atoms with van der Waals surface area (Å²) in [6.45, 7) is 1.25. The van der Waals surface area contributed by atoms with Crippen molar-refractivity contribution in [1.29, 1.82) is 0 Å². The van der Waals surface area contributed by atoms with Gasteiger partial charge >= 0.3 is 0 Å². The molecule has 0 aromatic rings. The van der Waals surface area contributed by atoms with E-state index in [1.807, 2.05) is 0 Å². The number of hydrogen-bond donors (Lipinski definition) is 2. The Morgan fingerprint density at radius 2 is 1.71 bits per heavy atom. The first-order chi connectivity index (χ1) is 6.90. The first kappa shape index (κ1) is 10.4. The number of nitrogens with one attached hydrogen (secondary N) is 2. The summed E-state index contributed by atoms with van der Waals surface area (Å²) in [5, 5.41) is 6.92. The van der Waals surface area contributed by atoms with Crippen molar-refractivity contribution in [2.75, 3.05) is 13.6 Å². The van der Waals surface area contributed by atoms with Gasteiger partial charge in [0, 0.05) is 0 Å². The van der Waals surface area contributed by atoms with Gasteiger partial charge in [0.15, 0.2) is 0 Å². The predicted octanol–water partition coefficient (Wildman–Crippen LogP) is 2.11. The van der Waals surface area contributed by atoms with Crippen LogP contribution in [0.2, 0.25) is 0 Å². The van der Waals surface area contributed by atoms with Crippen LogP contribution in [0, 0.1) is 11.8 Å². The van der Waals surface area contributed by atoms with Crippen molar-refractivity contribution in [3.8, 4) is 0 Å². The number of piperidine rings is 1. The highest BCUT2D eigenvalue weighted by Gasteiger charge is 2.27. The molecule has 2 nitrogen and oxygen atoms in total. The highest BCUT2D eigenvalue weighted by molar-refractivity contribution is 4.81. The molecule has 0 bridgehead atoms. The molecule has 1 saturated carbocycles. The van der Waals surface area contributed by atoms with E-state index in [0.29, 0.717) is 6.17 Å². The van der Waals surface area contributed by atoms with E-state index in [4.69, 9.17) is 0 Å². The van der Waals surface area contributed by atoms with E-state index in [0.717, 1.165) is 11.8 Å². The molecule has 0 spiro atoms. The molecule has 2 aliphatic rings. The van der Waals surface area contributed by atoms with Crippen LogP contribution >= 0.6 is 0 Å². The Morgan fingerprint density at radius 1 is 0.929 bits per heavy atom. The molecule has 14 heavy (non-hydrogen) atoms. The molecule has 2 fully saturated rings. The van der Waals surface area contributed by atoms with Gasteiger partial charge in [0.2, 0.25) is 0 Å². The summed E-state index contributed by atoms with van der Waals surface area (Å²) < 4.78 is 0. The van der Waals surface area contributed by atoms with Gasteiger partial charge in [-0.25, -0.2) is 0 Å². The minimum atomic E-state index is 0.579. The molecule has 0 amide bonds. The molecule has 1 saturated heterocycles. The molecule has 2 unspecified atom stereocenters. The normalized spacial score (nSPS) is 35.8. The Hall–Kier alpha value is -0.0800. The average Bonchev–Trinajstić information content (AvgIpc) is 2.30. The highest BCUT2D eigenvalue weighted by atomic mass is 15.1. The third kappa shape index (κ3) is 2.48.